The highest BCUT2D eigenvalue weighted by Gasteiger charge is 2.31. The van der Waals surface area contributed by atoms with E-state index in [0.29, 0.717) is 12.0 Å². The highest BCUT2D eigenvalue weighted by molar-refractivity contribution is 5.46. The Bertz CT molecular complexity index is 604. The molecule has 2 heterocycles. The van der Waals surface area contributed by atoms with Gasteiger partial charge in [0.25, 0.3) is 0 Å². The molecule has 0 fully saturated rings. The second-order valence-electron chi connectivity index (χ2n) is 6.78. The maximum Gasteiger partial charge on any atom is 0.137 e. The van der Waals surface area contributed by atoms with Crippen LogP contribution in [-0.2, 0) is 19.4 Å². The van der Waals surface area contributed by atoms with Crippen molar-refractivity contribution in [2.75, 3.05) is 0 Å². The molecule has 1 aliphatic carbocycles. The molecule has 19 heavy (non-hydrogen) atoms. The summed E-state index contributed by atoms with van der Waals surface area (Å²) in [4.78, 5) is 4.79. The zero-order valence-electron chi connectivity index (χ0n) is 12.1. The number of pyridine rings is 1. The minimum absolute atomic E-state index is 0.374. The lowest BCUT2D eigenvalue weighted by atomic mass is 9.73. The van der Waals surface area contributed by atoms with Crippen LogP contribution >= 0.6 is 0 Å². The number of fused-ring (bicyclic) bond motifs is 3. The van der Waals surface area contributed by atoms with Crippen molar-refractivity contribution in [1.82, 2.24) is 9.38 Å². The van der Waals surface area contributed by atoms with Crippen molar-refractivity contribution in [3.05, 3.63) is 35.3 Å². The summed E-state index contributed by atoms with van der Waals surface area (Å²) in [6, 6.07) is 4.22. The standard InChI is InChI=1S/C16H23N3/c1-16(2,3)12-4-5-13-14(9-12)19-7-6-11(10-17)8-15(19)18-13/h6-8,12H,4-5,9-10,17H2,1-3H3. The van der Waals surface area contributed by atoms with E-state index in [1.54, 1.807) is 0 Å². The first-order valence-electron chi connectivity index (χ1n) is 7.18. The van der Waals surface area contributed by atoms with Crippen LogP contribution < -0.4 is 5.73 Å². The van der Waals surface area contributed by atoms with Gasteiger partial charge in [0.2, 0.25) is 0 Å². The van der Waals surface area contributed by atoms with E-state index in [0.717, 1.165) is 30.0 Å². The van der Waals surface area contributed by atoms with E-state index in [9.17, 15) is 0 Å². The van der Waals surface area contributed by atoms with Crippen LogP contribution in [0.15, 0.2) is 18.3 Å². The molecule has 2 aromatic rings. The Hall–Kier alpha value is -1.35. The monoisotopic (exact) mass is 257 g/mol. The van der Waals surface area contributed by atoms with Gasteiger partial charge in [0.1, 0.15) is 5.65 Å². The number of aryl methyl sites for hydroxylation is 1. The number of imidazole rings is 1. The Morgan fingerprint density at radius 2 is 2.21 bits per heavy atom. The van der Waals surface area contributed by atoms with Crippen molar-refractivity contribution < 1.29 is 0 Å². The minimum atomic E-state index is 0.374. The second-order valence-corrected chi connectivity index (χ2v) is 6.78. The first-order chi connectivity index (χ1) is 8.99. The normalized spacial score (nSPS) is 19.7. The van der Waals surface area contributed by atoms with Gasteiger partial charge < -0.3 is 10.1 Å². The molecule has 0 aromatic carbocycles. The van der Waals surface area contributed by atoms with Crippen molar-refractivity contribution in [3.8, 4) is 0 Å². The molecular weight excluding hydrogens is 234 g/mol. The molecule has 0 amide bonds. The summed E-state index contributed by atoms with van der Waals surface area (Å²) < 4.78 is 2.26. The van der Waals surface area contributed by atoms with Crippen molar-refractivity contribution in [3.63, 3.8) is 0 Å². The molecule has 1 unspecified atom stereocenters. The Morgan fingerprint density at radius 1 is 1.42 bits per heavy atom. The topological polar surface area (TPSA) is 43.3 Å². The summed E-state index contributed by atoms with van der Waals surface area (Å²) in [5.41, 5.74) is 11.0. The van der Waals surface area contributed by atoms with Crippen molar-refractivity contribution in [2.24, 2.45) is 17.1 Å². The predicted molar refractivity (Wildman–Crippen MR) is 78.1 cm³/mol. The smallest absolute Gasteiger partial charge is 0.137 e. The molecule has 1 aliphatic rings. The van der Waals surface area contributed by atoms with E-state index < -0.39 is 0 Å². The molecule has 2 N–H and O–H groups in total. The molecule has 2 aromatic heterocycles. The number of hydrogen-bond acceptors (Lipinski definition) is 2. The summed E-state index contributed by atoms with van der Waals surface area (Å²) in [7, 11) is 0. The molecule has 3 nitrogen and oxygen atoms in total. The van der Waals surface area contributed by atoms with Gasteiger partial charge in [-0.1, -0.05) is 20.8 Å². The number of aromatic nitrogens is 2. The van der Waals surface area contributed by atoms with Crippen LogP contribution in [0.1, 0.15) is 44.1 Å². The fraction of sp³-hybridized carbons (Fsp3) is 0.562. The lowest BCUT2D eigenvalue weighted by molar-refractivity contribution is 0.213. The Morgan fingerprint density at radius 3 is 2.89 bits per heavy atom. The number of hydrogen-bond donors (Lipinski definition) is 1. The summed E-state index contributed by atoms with van der Waals surface area (Å²) in [5.74, 6) is 0.745. The predicted octanol–water partition coefficient (Wildman–Crippen LogP) is 2.94. The first-order valence-corrected chi connectivity index (χ1v) is 7.18. The molecule has 0 spiro atoms. The quantitative estimate of drug-likeness (QED) is 0.853. The molecule has 102 valence electrons. The maximum atomic E-state index is 5.71. The number of nitrogens with two attached hydrogens (primary N) is 1. The van der Waals surface area contributed by atoms with E-state index in [4.69, 9.17) is 10.7 Å². The van der Waals surface area contributed by atoms with Gasteiger partial charge in [0.05, 0.1) is 5.69 Å². The highest BCUT2D eigenvalue weighted by Crippen LogP contribution is 2.37. The lowest BCUT2D eigenvalue weighted by Gasteiger charge is -2.33. The van der Waals surface area contributed by atoms with E-state index >= 15 is 0 Å². The molecular formula is C16H23N3. The van der Waals surface area contributed by atoms with Gasteiger partial charge >= 0.3 is 0 Å². The van der Waals surface area contributed by atoms with Gasteiger partial charge in [-0.3, -0.25) is 0 Å². The molecule has 1 atom stereocenters. The summed E-state index contributed by atoms with van der Waals surface area (Å²) in [6.45, 7) is 7.62. The van der Waals surface area contributed by atoms with Gasteiger partial charge in [0, 0.05) is 18.4 Å². The van der Waals surface area contributed by atoms with Crippen molar-refractivity contribution >= 4 is 5.65 Å². The van der Waals surface area contributed by atoms with Gasteiger partial charge in [-0.25, -0.2) is 4.98 Å². The third kappa shape index (κ3) is 2.16. The Labute approximate surface area is 114 Å². The average molecular weight is 257 g/mol. The van der Waals surface area contributed by atoms with Gasteiger partial charge in [-0.2, -0.15) is 0 Å². The first kappa shape index (κ1) is 12.7. The minimum Gasteiger partial charge on any atom is -0.326 e. The van der Waals surface area contributed by atoms with Gasteiger partial charge in [0.15, 0.2) is 0 Å². The second kappa shape index (κ2) is 4.34. The largest absolute Gasteiger partial charge is 0.326 e. The van der Waals surface area contributed by atoms with Crippen LogP contribution in [0.5, 0.6) is 0 Å². The van der Waals surface area contributed by atoms with Gasteiger partial charge in [-0.15, -0.1) is 0 Å². The van der Waals surface area contributed by atoms with Crippen LogP contribution in [0, 0.1) is 11.3 Å². The van der Waals surface area contributed by atoms with Crippen LogP contribution in [0.4, 0.5) is 0 Å². The molecule has 0 radical (unpaired) electrons. The summed E-state index contributed by atoms with van der Waals surface area (Å²) in [6.07, 6.45) is 5.64. The highest BCUT2D eigenvalue weighted by atomic mass is 15.0. The SMILES string of the molecule is CC(C)(C)C1CCc2nc3cc(CN)ccn3c2C1. The van der Waals surface area contributed by atoms with E-state index in [1.165, 1.54) is 17.8 Å². The third-order valence-corrected chi connectivity index (χ3v) is 4.50. The van der Waals surface area contributed by atoms with E-state index in [1.807, 2.05) is 0 Å². The van der Waals surface area contributed by atoms with Gasteiger partial charge in [-0.05, 0) is 48.3 Å². The van der Waals surface area contributed by atoms with E-state index in [2.05, 4.69) is 43.5 Å². The van der Waals surface area contributed by atoms with Crippen LogP contribution in [0.25, 0.3) is 5.65 Å². The fourth-order valence-corrected chi connectivity index (χ4v) is 3.12. The molecule has 0 saturated carbocycles. The Kier molecular flexibility index (Phi) is 2.90. The average Bonchev–Trinajstić information content (AvgIpc) is 2.73. The summed E-state index contributed by atoms with van der Waals surface area (Å²) in [5, 5.41) is 0. The molecule has 0 saturated heterocycles. The molecule has 3 rings (SSSR count). The number of rotatable bonds is 1. The van der Waals surface area contributed by atoms with Crippen LogP contribution in [0.3, 0.4) is 0 Å². The number of nitrogens with zero attached hydrogens (tertiary/aromatic N) is 2. The van der Waals surface area contributed by atoms with Crippen LogP contribution in [0.2, 0.25) is 0 Å². The van der Waals surface area contributed by atoms with E-state index in [-0.39, 0.29) is 0 Å². The van der Waals surface area contributed by atoms with Crippen LogP contribution in [-0.4, -0.2) is 9.38 Å². The fourth-order valence-electron chi connectivity index (χ4n) is 3.12. The van der Waals surface area contributed by atoms with Crippen molar-refractivity contribution in [2.45, 2.75) is 46.6 Å². The maximum absolute atomic E-state index is 5.71. The molecule has 0 aliphatic heterocycles. The third-order valence-electron chi connectivity index (χ3n) is 4.50. The molecule has 0 bridgehead atoms. The summed E-state index contributed by atoms with van der Waals surface area (Å²) >= 11 is 0. The zero-order chi connectivity index (χ0) is 13.6. The van der Waals surface area contributed by atoms with Crippen molar-refractivity contribution in [1.29, 1.82) is 0 Å². The zero-order valence-corrected chi connectivity index (χ0v) is 12.1. The molecule has 3 heteroatoms. The Balaban J connectivity index is 2.04. The lowest BCUT2D eigenvalue weighted by Crippen LogP contribution is -2.27.